The van der Waals surface area contributed by atoms with Crippen molar-refractivity contribution in [1.82, 2.24) is 9.88 Å². The number of amides is 1. The second-order valence-electron chi connectivity index (χ2n) is 4.93. The van der Waals surface area contributed by atoms with Crippen molar-refractivity contribution in [2.45, 2.75) is 6.54 Å². The monoisotopic (exact) mass is 363 g/mol. The van der Waals surface area contributed by atoms with E-state index in [1.54, 1.807) is 22.4 Å². The SMILES string of the molecule is CN(Cc1csc(Br)c1)C(=O)c1c[nH]c2cc(N)ccc12. The third-order valence-electron chi connectivity index (χ3n) is 3.32. The smallest absolute Gasteiger partial charge is 0.256 e. The Kier molecular flexibility index (Phi) is 3.73. The van der Waals surface area contributed by atoms with Crippen LogP contribution in [-0.4, -0.2) is 22.8 Å². The van der Waals surface area contributed by atoms with Crippen LogP contribution in [0.25, 0.3) is 10.9 Å². The van der Waals surface area contributed by atoms with E-state index in [1.807, 2.05) is 36.7 Å². The second kappa shape index (κ2) is 5.54. The quantitative estimate of drug-likeness (QED) is 0.694. The topological polar surface area (TPSA) is 62.1 Å². The zero-order valence-corrected chi connectivity index (χ0v) is 13.8. The molecule has 0 saturated carbocycles. The maximum atomic E-state index is 12.6. The third-order valence-corrected chi connectivity index (χ3v) is 4.88. The van der Waals surface area contributed by atoms with Crippen molar-refractivity contribution in [3.8, 4) is 0 Å². The van der Waals surface area contributed by atoms with Gasteiger partial charge in [-0.05, 0) is 51.1 Å². The van der Waals surface area contributed by atoms with E-state index in [4.69, 9.17) is 5.73 Å². The molecule has 1 aromatic carbocycles. The van der Waals surface area contributed by atoms with E-state index in [0.717, 1.165) is 20.3 Å². The van der Waals surface area contributed by atoms with Crippen LogP contribution in [0.1, 0.15) is 15.9 Å². The largest absolute Gasteiger partial charge is 0.399 e. The Morgan fingerprint density at radius 1 is 1.43 bits per heavy atom. The van der Waals surface area contributed by atoms with Gasteiger partial charge in [-0.1, -0.05) is 0 Å². The molecule has 0 radical (unpaired) electrons. The Bertz CT molecular complexity index is 808. The summed E-state index contributed by atoms with van der Waals surface area (Å²) >= 11 is 5.05. The first-order valence-electron chi connectivity index (χ1n) is 6.39. The van der Waals surface area contributed by atoms with Gasteiger partial charge < -0.3 is 15.6 Å². The number of nitrogens with one attached hydrogen (secondary N) is 1. The van der Waals surface area contributed by atoms with Crippen molar-refractivity contribution >= 4 is 49.8 Å². The summed E-state index contributed by atoms with van der Waals surface area (Å²) in [7, 11) is 1.81. The molecule has 3 aromatic rings. The van der Waals surface area contributed by atoms with Gasteiger partial charge in [0.05, 0.1) is 9.35 Å². The summed E-state index contributed by atoms with van der Waals surface area (Å²) in [6.45, 7) is 0.586. The number of anilines is 1. The number of benzene rings is 1. The molecule has 0 atom stereocenters. The number of nitrogens with zero attached hydrogens (tertiary/aromatic N) is 1. The number of H-pyrrole nitrogens is 1. The van der Waals surface area contributed by atoms with Gasteiger partial charge in [0.2, 0.25) is 0 Å². The summed E-state index contributed by atoms with van der Waals surface area (Å²) in [5.74, 6) is -0.00616. The van der Waals surface area contributed by atoms with Gasteiger partial charge in [-0.3, -0.25) is 4.79 Å². The number of nitrogens with two attached hydrogens (primary N) is 1. The predicted molar refractivity (Wildman–Crippen MR) is 90.5 cm³/mol. The highest BCUT2D eigenvalue weighted by Crippen LogP contribution is 2.24. The van der Waals surface area contributed by atoms with Gasteiger partial charge in [0, 0.05) is 36.4 Å². The highest BCUT2D eigenvalue weighted by atomic mass is 79.9. The first-order valence-corrected chi connectivity index (χ1v) is 8.07. The van der Waals surface area contributed by atoms with Crippen LogP contribution in [0.3, 0.4) is 0 Å². The molecule has 0 bridgehead atoms. The predicted octanol–water partition coefficient (Wildman–Crippen LogP) is 3.85. The number of aromatic amines is 1. The number of rotatable bonds is 3. The number of aromatic nitrogens is 1. The van der Waals surface area contributed by atoms with E-state index < -0.39 is 0 Å². The molecule has 3 rings (SSSR count). The number of halogens is 1. The lowest BCUT2D eigenvalue weighted by atomic mass is 10.1. The van der Waals surface area contributed by atoms with Crippen LogP contribution in [0.15, 0.2) is 39.6 Å². The minimum atomic E-state index is -0.00616. The minimum Gasteiger partial charge on any atom is -0.399 e. The van der Waals surface area contributed by atoms with E-state index in [1.165, 1.54) is 0 Å². The molecule has 0 spiro atoms. The summed E-state index contributed by atoms with van der Waals surface area (Å²) in [6, 6.07) is 7.55. The molecule has 0 unspecified atom stereocenters. The number of hydrogen-bond donors (Lipinski definition) is 2. The molecule has 0 saturated heterocycles. The van der Waals surface area contributed by atoms with Crippen LogP contribution in [0, 0.1) is 0 Å². The molecule has 0 aliphatic heterocycles. The van der Waals surface area contributed by atoms with Crippen LogP contribution in [0.5, 0.6) is 0 Å². The van der Waals surface area contributed by atoms with Crippen molar-refractivity contribution in [1.29, 1.82) is 0 Å². The van der Waals surface area contributed by atoms with Crippen LogP contribution in [0.4, 0.5) is 5.69 Å². The van der Waals surface area contributed by atoms with Crippen LogP contribution in [0.2, 0.25) is 0 Å². The molecule has 6 heteroatoms. The number of carbonyl (C=O) groups excluding carboxylic acids is 1. The van der Waals surface area contributed by atoms with Crippen LogP contribution >= 0.6 is 27.3 Å². The summed E-state index contributed by atoms with van der Waals surface area (Å²) < 4.78 is 1.07. The molecule has 2 heterocycles. The Balaban J connectivity index is 1.86. The van der Waals surface area contributed by atoms with Gasteiger partial charge in [0.1, 0.15) is 0 Å². The molecule has 0 aliphatic carbocycles. The average molecular weight is 364 g/mol. The van der Waals surface area contributed by atoms with Gasteiger partial charge in [-0.15, -0.1) is 11.3 Å². The minimum absolute atomic E-state index is 0.00616. The van der Waals surface area contributed by atoms with E-state index >= 15 is 0 Å². The maximum Gasteiger partial charge on any atom is 0.256 e. The standard InChI is InChI=1S/C15H14BrN3OS/c1-19(7-9-4-14(16)21-8-9)15(20)12-6-18-13-5-10(17)2-3-11(12)13/h2-6,8,18H,7,17H2,1H3. The third kappa shape index (κ3) is 2.82. The summed E-state index contributed by atoms with van der Waals surface area (Å²) in [5.41, 5.74) is 9.10. The molecule has 3 N–H and O–H groups in total. The van der Waals surface area contributed by atoms with Crippen LogP contribution < -0.4 is 5.73 Å². The maximum absolute atomic E-state index is 12.6. The van der Waals surface area contributed by atoms with Gasteiger partial charge in [-0.2, -0.15) is 0 Å². The Labute approximate surface area is 134 Å². The normalized spacial score (nSPS) is 11.0. The number of hydrogen-bond acceptors (Lipinski definition) is 3. The average Bonchev–Trinajstić information content (AvgIpc) is 3.03. The summed E-state index contributed by atoms with van der Waals surface area (Å²) in [4.78, 5) is 17.4. The Morgan fingerprint density at radius 3 is 2.95 bits per heavy atom. The molecule has 1 amide bonds. The molecule has 21 heavy (non-hydrogen) atoms. The molecular formula is C15H14BrN3OS. The zero-order valence-electron chi connectivity index (χ0n) is 11.4. The van der Waals surface area contributed by atoms with E-state index in [2.05, 4.69) is 20.9 Å². The second-order valence-corrected chi connectivity index (χ2v) is 7.22. The fourth-order valence-corrected chi connectivity index (χ4v) is 3.50. The number of thiophene rings is 1. The van der Waals surface area contributed by atoms with Crippen molar-refractivity contribution in [2.24, 2.45) is 0 Å². The molecule has 4 nitrogen and oxygen atoms in total. The summed E-state index contributed by atoms with van der Waals surface area (Å²) in [6.07, 6.45) is 1.74. The summed E-state index contributed by atoms with van der Waals surface area (Å²) in [5, 5.41) is 2.94. The van der Waals surface area contributed by atoms with Crippen LogP contribution in [-0.2, 0) is 6.54 Å². The highest BCUT2D eigenvalue weighted by molar-refractivity contribution is 9.11. The van der Waals surface area contributed by atoms with Crippen molar-refractivity contribution in [3.05, 3.63) is 50.8 Å². The number of carbonyl (C=O) groups is 1. The van der Waals surface area contributed by atoms with Gasteiger partial charge in [0.15, 0.2) is 0 Å². The van der Waals surface area contributed by atoms with E-state index in [-0.39, 0.29) is 5.91 Å². The van der Waals surface area contributed by atoms with Crippen molar-refractivity contribution in [2.75, 3.05) is 12.8 Å². The molecule has 0 aliphatic rings. The van der Waals surface area contributed by atoms with Crippen molar-refractivity contribution < 1.29 is 4.79 Å². The fraction of sp³-hybridized carbons (Fsp3) is 0.133. The zero-order chi connectivity index (χ0) is 15.0. The Morgan fingerprint density at radius 2 is 2.24 bits per heavy atom. The number of nitrogen functional groups attached to an aromatic ring is 1. The van der Waals surface area contributed by atoms with Gasteiger partial charge in [0.25, 0.3) is 5.91 Å². The van der Waals surface area contributed by atoms with Gasteiger partial charge in [-0.25, -0.2) is 0 Å². The lowest BCUT2D eigenvalue weighted by molar-refractivity contribution is 0.0787. The first-order chi connectivity index (χ1) is 10.0. The number of fused-ring (bicyclic) bond motifs is 1. The van der Waals surface area contributed by atoms with Gasteiger partial charge >= 0.3 is 0 Å². The first kappa shape index (κ1) is 14.2. The van der Waals surface area contributed by atoms with Crippen molar-refractivity contribution in [3.63, 3.8) is 0 Å². The molecule has 108 valence electrons. The lowest BCUT2D eigenvalue weighted by Gasteiger charge is -2.16. The lowest BCUT2D eigenvalue weighted by Crippen LogP contribution is -2.25. The highest BCUT2D eigenvalue weighted by Gasteiger charge is 2.16. The van der Waals surface area contributed by atoms with E-state index in [9.17, 15) is 4.79 Å². The van der Waals surface area contributed by atoms with E-state index in [0.29, 0.717) is 17.8 Å². The molecule has 2 aromatic heterocycles. The Hall–Kier alpha value is -1.79. The molecule has 0 fully saturated rings. The molecular weight excluding hydrogens is 350 g/mol. The fourth-order valence-electron chi connectivity index (χ4n) is 2.30.